The van der Waals surface area contributed by atoms with Crippen molar-refractivity contribution in [2.45, 2.75) is 26.9 Å². The molecular formula is C15H24O6. The van der Waals surface area contributed by atoms with Crippen molar-refractivity contribution >= 4 is 11.9 Å². The van der Waals surface area contributed by atoms with Crippen LogP contribution in [0.15, 0.2) is 24.3 Å². The van der Waals surface area contributed by atoms with E-state index in [1.54, 1.807) is 13.8 Å². The number of carbonyl (C=O) groups is 2. The Labute approximate surface area is 125 Å². The zero-order chi connectivity index (χ0) is 16.3. The van der Waals surface area contributed by atoms with Gasteiger partial charge in [0.1, 0.15) is 13.2 Å². The topological polar surface area (TPSA) is 71.1 Å². The van der Waals surface area contributed by atoms with E-state index in [4.69, 9.17) is 18.9 Å². The number of hydrogen-bond donors (Lipinski definition) is 0. The lowest BCUT2D eigenvalue weighted by atomic mass is 10.4. The summed E-state index contributed by atoms with van der Waals surface area (Å²) in [5.74, 6) is -0.857. The molecule has 0 heterocycles. The molecule has 0 aliphatic carbocycles. The second-order valence-corrected chi connectivity index (χ2v) is 4.59. The van der Waals surface area contributed by atoms with Crippen molar-refractivity contribution in [1.29, 1.82) is 0 Å². The van der Waals surface area contributed by atoms with Gasteiger partial charge < -0.3 is 18.9 Å². The van der Waals surface area contributed by atoms with Gasteiger partial charge in [0.2, 0.25) is 0 Å². The minimum absolute atomic E-state index is 0.148. The van der Waals surface area contributed by atoms with Crippen LogP contribution in [0.4, 0.5) is 0 Å². The molecule has 0 N–H and O–H groups in total. The van der Waals surface area contributed by atoms with Crippen molar-refractivity contribution in [2.75, 3.05) is 33.0 Å². The molecule has 0 saturated heterocycles. The fourth-order valence-corrected chi connectivity index (χ4v) is 1.12. The van der Waals surface area contributed by atoms with Crippen molar-refractivity contribution in [3.05, 3.63) is 24.3 Å². The second kappa shape index (κ2) is 11.0. The zero-order valence-electron chi connectivity index (χ0n) is 13.0. The molecule has 21 heavy (non-hydrogen) atoms. The van der Waals surface area contributed by atoms with Crippen LogP contribution >= 0.6 is 0 Å². The summed E-state index contributed by atoms with van der Waals surface area (Å²) in [4.78, 5) is 22.2. The molecule has 6 nitrogen and oxygen atoms in total. The lowest BCUT2D eigenvalue weighted by Gasteiger charge is -2.13. The van der Waals surface area contributed by atoms with E-state index in [1.165, 1.54) is 0 Å². The van der Waals surface area contributed by atoms with Crippen LogP contribution in [0, 0.1) is 0 Å². The Balaban J connectivity index is 3.48. The molecule has 0 bridgehead atoms. The molecule has 120 valence electrons. The highest BCUT2D eigenvalue weighted by Crippen LogP contribution is 1.96. The molecule has 0 fully saturated rings. The maximum absolute atomic E-state index is 11.1. The second-order valence-electron chi connectivity index (χ2n) is 4.59. The van der Waals surface area contributed by atoms with Crippen LogP contribution in [0.3, 0.4) is 0 Å². The van der Waals surface area contributed by atoms with E-state index >= 15 is 0 Å². The largest absolute Gasteiger partial charge is 0.460 e. The third kappa shape index (κ3) is 10.8. The Bertz CT molecular complexity index is 374. The van der Waals surface area contributed by atoms with Crippen molar-refractivity contribution in [3.8, 4) is 0 Å². The minimum Gasteiger partial charge on any atom is -0.460 e. The molecular weight excluding hydrogens is 276 g/mol. The molecule has 0 spiro atoms. The van der Waals surface area contributed by atoms with Crippen LogP contribution < -0.4 is 0 Å². The van der Waals surface area contributed by atoms with Crippen LogP contribution in [-0.4, -0.2) is 51.1 Å². The van der Waals surface area contributed by atoms with Crippen molar-refractivity contribution in [3.63, 3.8) is 0 Å². The molecule has 0 aromatic carbocycles. The van der Waals surface area contributed by atoms with Gasteiger partial charge in [-0.05, 0) is 20.8 Å². The SMILES string of the molecule is C=C(C)C(=O)OCCOCC(C)OCCOC(=O)C(=C)C. The Morgan fingerprint density at radius 1 is 0.905 bits per heavy atom. The quantitative estimate of drug-likeness (QED) is 0.328. The lowest BCUT2D eigenvalue weighted by molar-refractivity contribution is -0.143. The van der Waals surface area contributed by atoms with Gasteiger partial charge in [0.05, 0.1) is 25.9 Å². The summed E-state index contributed by atoms with van der Waals surface area (Å²) in [6.07, 6.45) is -0.148. The molecule has 0 aromatic heterocycles. The first-order valence-electron chi connectivity index (χ1n) is 6.69. The van der Waals surface area contributed by atoms with E-state index in [9.17, 15) is 9.59 Å². The van der Waals surface area contributed by atoms with Gasteiger partial charge in [-0.15, -0.1) is 0 Å². The average molecular weight is 300 g/mol. The number of ether oxygens (including phenoxy) is 4. The van der Waals surface area contributed by atoms with Crippen LogP contribution in [0.1, 0.15) is 20.8 Å². The van der Waals surface area contributed by atoms with E-state index in [2.05, 4.69) is 13.2 Å². The molecule has 0 rings (SSSR count). The van der Waals surface area contributed by atoms with E-state index in [1.807, 2.05) is 6.92 Å². The fourth-order valence-electron chi connectivity index (χ4n) is 1.12. The first kappa shape index (κ1) is 19.3. The lowest BCUT2D eigenvalue weighted by Crippen LogP contribution is -2.21. The molecule has 6 heteroatoms. The Hall–Kier alpha value is -1.66. The average Bonchev–Trinajstić information content (AvgIpc) is 2.42. The Kier molecular flexibility index (Phi) is 10.2. The molecule has 0 aromatic rings. The van der Waals surface area contributed by atoms with Gasteiger partial charge >= 0.3 is 11.9 Å². The molecule has 0 radical (unpaired) electrons. The zero-order valence-corrected chi connectivity index (χ0v) is 13.0. The van der Waals surface area contributed by atoms with E-state index in [-0.39, 0.29) is 32.5 Å². The Morgan fingerprint density at radius 2 is 1.38 bits per heavy atom. The monoisotopic (exact) mass is 300 g/mol. The highest BCUT2D eigenvalue weighted by molar-refractivity contribution is 5.87. The number of carbonyl (C=O) groups excluding carboxylic acids is 2. The summed E-state index contributed by atoms with van der Waals surface area (Å²) in [6, 6.07) is 0. The normalized spacial score (nSPS) is 11.6. The number of hydrogen-bond acceptors (Lipinski definition) is 6. The summed E-state index contributed by atoms with van der Waals surface area (Å²) >= 11 is 0. The van der Waals surface area contributed by atoms with Crippen molar-refractivity contribution in [2.24, 2.45) is 0 Å². The molecule has 0 aliphatic rings. The van der Waals surface area contributed by atoms with Crippen LogP contribution in [0.2, 0.25) is 0 Å². The van der Waals surface area contributed by atoms with E-state index in [0.29, 0.717) is 17.8 Å². The van der Waals surface area contributed by atoms with Gasteiger partial charge in [0, 0.05) is 11.1 Å². The summed E-state index contributed by atoms with van der Waals surface area (Å²) in [5.41, 5.74) is 0.715. The molecule has 0 amide bonds. The number of rotatable bonds is 11. The fraction of sp³-hybridized carbons (Fsp3) is 0.600. The maximum atomic E-state index is 11.1. The summed E-state index contributed by atoms with van der Waals surface area (Å²) in [7, 11) is 0. The number of esters is 2. The molecule has 0 aliphatic heterocycles. The predicted octanol–water partition coefficient (Wildman–Crippen LogP) is 1.65. The molecule has 1 atom stereocenters. The molecule has 1 unspecified atom stereocenters. The summed E-state index contributed by atoms with van der Waals surface area (Å²) in [5, 5.41) is 0. The summed E-state index contributed by atoms with van der Waals surface area (Å²) < 4.78 is 20.4. The van der Waals surface area contributed by atoms with Crippen LogP contribution in [0.5, 0.6) is 0 Å². The summed E-state index contributed by atoms with van der Waals surface area (Å²) in [6.45, 7) is 13.2. The van der Waals surface area contributed by atoms with E-state index < -0.39 is 11.9 Å². The smallest absolute Gasteiger partial charge is 0.333 e. The minimum atomic E-state index is -0.429. The van der Waals surface area contributed by atoms with Crippen LogP contribution in [-0.2, 0) is 28.5 Å². The molecule has 0 saturated carbocycles. The van der Waals surface area contributed by atoms with Gasteiger partial charge in [-0.3, -0.25) is 0 Å². The van der Waals surface area contributed by atoms with Crippen LogP contribution in [0.25, 0.3) is 0 Å². The van der Waals surface area contributed by atoms with Gasteiger partial charge in [-0.25, -0.2) is 9.59 Å². The standard InChI is InChI=1S/C15H24O6/c1-11(2)14(16)20-7-6-18-10-13(5)19-8-9-21-15(17)12(3)4/h13H,1,3,6-10H2,2,4-5H3. The van der Waals surface area contributed by atoms with Gasteiger partial charge in [-0.2, -0.15) is 0 Å². The third-order valence-corrected chi connectivity index (χ3v) is 2.23. The Morgan fingerprint density at radius 3 is 1.86 bits per heavy atom. The van der Waals surface area contributed by atoms with Gasteiger partial charge in [0.25, 0.3) is 0 Å². The maximum Gasteiger partial charge on any atom is 0.333 e. The first-order valence-corrected chi connectivity index (χ1v) is 6.69. The first-order chi connectivity index (χ1) is 9.84. The highest BCUT2D eigenvalue weighted by Gasteiger charge is 2.06. The van der Waals surface area contributed by atoms with Gasteiger partial charge in [-0.1, -0.05) is 13.2 Å². The van der Waals surface area contributed by atoms with Crippen molar-refractivity contribution in [1.82, 2.24) is 0 Å². The van der Waals surface area contributed by atoms with Crippen molar-refractivity contribution < 1.29 is 28.5 Å². The van der Waals surface area contributed by atoms with Gasteiger partial charge in [0.15, 0.2) is 0 Å². The third-order valence-electron chi connectivity index (χ3n) is 2.23. The van der Waals surface area contributed by atoms with E-state index in [0.717, 1.165) is 0 Å². The highest BCUT2D eigenvalue weighted by atomic mass is 16.6. The predicted molar refractivity (Wildman–Crippen MR) is 77.8 cm³/mol.